The number of rotatable bonds is 24. The topological polar surface area (TPSA) is 237 Å². The van der Waals surface area contributed by atoms with Crippen molar-refractivity contribution in [3.05, 3.63) is 45.8 Å². The zero-order valence-corrected chi connectivity index (χ0v) is 28.1. The summed E-state index contributed by atoms with van der Waals surface area (Å²) in [5.74, 6) is 0. The van der Waals surface area contributed by atoms with E-state index in [9.17, 15) is 33.2 Å². The lowest BCUT2D eigenvalue weighted by Crippen LogP contribution is -2.49. The van der Waals surface area contributed by atoms with Crippen molar-refractivity contribution in [1.82, 2.24) is 9.55 Å². The van der Waals surface area contributed by atoms with Gasteiger partial charge in [0.1, 0.15) is 31.6 Å². The largest absolute Gasteiger partial charge is 0.510 e. The average Bonchev–Trinajstić information content (AvgIpc) is 3.30. The van der Waals surface area contributed by atoms with Crippen molar-refractivity contribution in [2.45, 2.75) is 24.9 Å². The molecule has 49 heavy (non-hydrogen) atoms. The molecule has 0 spiro atoms. The van der Waals surface area contributed by atoms with Gasteiger partial charge in [-0.15, -0.1) is 6.58 Å². The summed E-state index contributed by atoms with van der Waals surface area (Å²) in [5.41, 5.74) is -5.58. The highest BCUT2D eigenvalue weighted by atomic mass is 31.2. The first kappa shape index (κ1) is 41.9. The molecule has 2 heterocycles. The third-order valence-corrected chi connectivity index (χ3v) is 8.03. The lowest BCUT2D eigenvalue weighted by Gasteiger charge is -2.32. The summed E-state index contributed by atoms with van der Waals surface area (Å²) in [4.78, 5) is 49.9. The van der Waals surface area contributed by atoms with Crippen LogP contribution in [-0.4, -0.2) is 133 Å². The van der Waals surface area contributed by atoms with Crippen LogP contribution >= 0.6 is 7.82 Å². The van der Waals surface area contributed by atoms with Crippen LogP contribution in [0, 0.1) is 5.41 Å². The van der Waals surface area contributed by atoms with Gasteiger partial charge in [-0.05, 0) is 6.92 Å². The summed E-state index contributed by atoms with van der Waals surface area (Å²) >= 11 is 0. The SMILES string of the molecule is C=C[C@]1(C)[C@H](O)[C@@](CF)(COP(=O)(OCOC(=O)OCCOCCOC)OCOC(=O)OCCOCCOC)O[C@H]1n1ccc(=O)[nH]c1=O. The number of ether oxygens (including phenoxy) is 9. The molecule has 1 fully saturated rings. The van der Waals surface area contributed by atoms with Gasteiger partial charge in [-0.3, -0.25) is 18.9 Å². The molecule has 1 aliphatic heterocycles. The number of methoxy groups -OCH3 is 2. The van der Waals surface area contributed by atoms with Gasteiger partial charge in [0, 0.05) is 26.5 Å². The van der Waals surface area contributed by atoms with Crippen LogP contribution in [0.25, 0.3) is 0 Å². The normalized spacial score (nSPS) is 22.1. The van der Waals surface area contributed by atoms with Gasteiger partial charge in [0.25, 0.3) is 5.56 Å². The van der Waals surface area contributed by atoms with Crippen molar-refractivity contribution in [2.24, 2.45) is 5.41 Å². The summed E-state index contributed by atoms with van der Waals surface area (Å²) < 4.78 is 89.0. The molecular formula is C27H42FN2O18P. The third-order valence-electron chi connectivity index (χ3n) is 6.74. The zero-order valence-electron chi connectivity index (χ0n) is 27.2. The van der Waals surface area contributed by atoms with Crippen molar-refractivity contribution in [2.75, 3.05) is 93.9 Å². The van der Waals surface area contributed by atoms with E-state index < -0.39 is 81.6 Å². The van der Waals surface area contributed by atoms with Crippen molar-refractivity contribution < 1.29 is 79.9 Å². The molecule has 0 bridgehead atoms. The van der Waals surface area contributed by atoms with E-state index in [1.54, 1.807) is 0 Å². The molecule has 20 nitrogen and oxygen atoms in total. The minimum Gasteiger partial charge on any atom is -0.432 e. The number of aliphatic hydroxyl groups excluding tert-OH is 1. The molecule has 2 rings (SSSR count). The van der Waals surface area contributed by atoms with Crippen LogP contribution in [0.15, 0.2) is 34.5 Å². The first-order valence-corrected chi connectivity index (χ1v) is 16.0. The Morgan fingerprint density at radius 3 is 1.96 bits per heavy atom. The van der Waals surface area contributed by atoms with E-state index in [0.29, 0.717) is 13.2 Å². The number of aliphatic hydroxyl groups is 1. The molecular weight excluding hydrogens is 690 g/mol. The van der Waals surface area contributed by atoms with Gasteiger partial charge in [-0.1, -0.05) is 6.08 Å². The van der Waals surface area contributed by atoms with Crippen LogP contribution in [0.1, 0.15) is 13.2 Å². The van der Waals surface area contributed by atoms with Gasteiger partial charge >= 0.3 is 25.8 Å². The highest BCUT2D eigenvalue weighted by Gasteiger charge is 2.62. The molecule has 1 aromatic rings. The van der Waals surface area contributed by atoms with Crippen molar-refractivity contribution in [3.63, 3.8) is 0 Å². The number of carbonyl (C=O) groups excluding carboxylic acids is 2. The van der Waals surface area contributed by atoms with Crippen LogP contribution in [0.5, 0.6) is 0 Å². The zero-order chi connectivity index (χ0) is 36.3. The fraction of sp³-hybridized carbons (Fsp3) is 0.704. The first-order chi connectivity index (χ1) is 23.4. The Morgan fingerprint density at radius 2 is 1.49 bits per heavy atom. The number of aromatic amines is 1. The minimum absolute atomic E-state index is 0.0141. The van der Waals surface area contributed by atoms with Gasteiger partial charge in [0.15, 0.2) is 6.23 Å². The Morgan fingerprint density at radius 1 is 0.959 bits per heavy atom. The summed E-state index contributed by atoms with van der Waals surface area (Å²) in [5, 5.41) is 11.3. The second kappa shape index (κ2) is 21.1. The molecule has 0 amide bonds. The maximum atomic E-state index is 14.7. The van der Waals surface area contributed by atoms with E-state index in [2.05, 4.69) is 6.58 Å². The maximum Gasteiger partial charge on any atom is 0.510 e. The summed E-state index contributed by atoms with van der Waals surface area (Å²) in [6.07, 6.45) is -3.52. The molecule has 0 radical (unpaired) electrons. The Bertz CT molecular complexity index is 1310. The molecule has 0 saturated carbocycles. The van der Waals surface area contributed by atoms with Gasteiger partial charge in [0.2, 0.25) is 13.6 Å². The lowest BCUT2D eigenvalue weighted by atomic mass is 9.78. The smallest absolute Gasteiger partial charge is 0.432 e. The Hall–Kier alpha value is -3.24. The standard InChI is InChI=1S/C27H42FN2O18P/c1-5-26(2)21(32)27(16-28,48-22(26)30-7-6-20(31)29-23(30)33)17-45-49(36,46-18-43-24(34)41-14-12-39-10-8-37-3)47-19-44-25(35)42-15-13-40-11-9-38-4/h5-7,21-22,32H,1,8-19H2,2-4H3,(H,29,31,33)/t21-,22+,26+,27+/m0/s1. The molecule has 1 aromatic heterocycles. The van der Waals surface area contributed by atoms with Gasteiger partial charge in [-0.25, -0.2) is 32.4 Å². The number of aromatic nitrogens is 2. The molecule has 0 aliphatic carbocycles. The fourth-order valence-corrected chi connectivity index (χ4v) is 5.03. The number of phosphoric ester groups is 1. The number of phosphoric acid groups is 1. The number of hydrogen-bond acceptors (Lipinski definition) is 18. The van der Waals surface area contributed by atoms with E-state index >= 15 is 0 Å². The van der Waals surface area contributed by atoms with Crippen LogP contribution in [0.2, 0.25) is 0 Å². The maximum absolute atomic E-state index is 14.7. The second-order valence-corrected chi connectivity index (χ2v) is 11.7. The monoisotopic (exact) mass is 732 g/mol. The highest BCUT2D eigenvalue weighted by Crippen LogP contribution is 2.55. The van der Waals surface area contributed by atoms with Gasteiger partial charge < -0.3 is 47.7 Å². The average molecular weight is 733 g/mol. The Labute approximate surface area is 279 Å². The van der Waals surface area contributed by atoms with Crippen molar-refractivity contribution >= 4 is 20.1 Å². The van der Waals surface area contributed by atoms with Crippen LogP contribution in [0.4, 0.5) is 14.0 Å². The predicted molar refractivity (Wildman–Crippen MR) is 160 cm³/mol. The molecule has 0 unspecified atom stereocenters. The van der Waals surface area contributed by atoms with E-state index in [1.807, 2.05) is 4.98 Å². The Kier molecular flexibility index (Phi) is 18.0. The van der Waals surface area contributed by atoms with Gasteiger partial charge in [0.05, 0.1) is 51.7 Å². The summed E-state index contributed by atoms with van der Waals surface area (Å²) in [6, 6.07) is 1.00. The number of nitrogens with zero attached hydrogens (tertiary/aromatic N) is 1. The Balaban J connectivity index is 2.11. The van der Waals surface area contributed by atoms with Crippen LogP contribution < -0.4 is 11.2 Å². The van der Waals surface area contributed by atoms with Crippen molar-refractivity contribution in [3.8, 4) is 0 Å². The number of alkyl halides is 1. The molecule has 2 N–H and O–H groups in total. The molecule has 280 valence electrons. The molecule has 1 saturated heterocycles. The van der Waals surface area contributed by atoms with Crippen LogP contribution in [0.3, 0.4) is 0 Å². The lowest BCUT2D eigenvalue weighted by molar-refractivity contribution is -0.140. The quantitative estimate of drug-likeness (QED) is 0.0496. The number of halogens is 1. The second-order valence-electron chi connectivity index (χ2n) is 10.1. The van der Waals surface area contributed by atoms with E-state index in [4.69, 9.17) is 56.2 Å². The summed E-state index contributed by atoms with van der Waals surface area (Å²) in [6.45, 7) is 1.05. The third kappa shape index (κ3) is 12.9. The molecule has 22 heteroatoms. The predicted octanol–water partition coefficient (Wildman–Crippen LogP) is 1.03. The molecule has 1 aliphatic rings. The number of hydrogen-bond donors (Lipinski definition) is 2. The summed E-state index contributed by atoms with van der Waals surface area (Å²) in [7, 11) is -1.99. The van der Waals surface area contributed by atoms with E-state index in [-0.39, 0.29) is 39.6 Å². The van der Waals surface area contributed by atoms with Crippen molar-refractivity contribution in [1.29, 1.82) is 0 Å². The van der Waals surface area contributed by atoms with E-state index in [1.165, 1.54) is 27.2 Å². The van der Waals surface area contributed by atoms with E-state index in [0.717, 1.165) is 16.8 Å². The number of carbonyl (C=O) groups is 2. The number of H-pyrrole nitrogens is 1. The first-order valence-electron chi connectivity index (χ1n) is 14.5. The molecule has 4 atom stereocenters. The van der Waals surface area contributed by atoms with Gasteiger partial charge in [-0.2, -0.15) is 0 Å². The minimum atomic E-state index is -4.96. The van der Waals surface area contributed by atoms with Crippen LogP contribution in [-0.2, 0) is 60.8 Å². The molecule has 0 aromatic carbocycles. The highest BCUT2D eigenvalue weighted by molar-refractivity contribution is 7.48. The number of nitrogens with one attached hydrogen (secondary N) is 1. The fourth-order valence-electron chi connectivity index (χ4n) is 4.07.